The number of rotatable bonds is 8. The molecule has 0 spiro atoms. The molecule has 0 N–H and O–H groups in total. The summed E-state index contributed by atoms with van der Waals surface area (Å²) in [5.41, 5.74) is 0.163. The van der Waals surface area contributed by atoms with Crippen molar-refractivity contribution in [2.24, 2.45) is 0 Å². The van der Waals surface area contributed by atoms with Crippen molar-refractivity contribution >= 4 is 17.3 Å². The smallest absolute Gasteiger partial charge is 0.275 e. The molecule has 19 heavy (non-hydrogen) atoms. The van der Waals surface area contributed by atoms with Crippen LogP contribution in [0.4, 0.5) is 10.1 Å². The highest BCUT2D eigenvalue weighted by molar-refractivity contribution is 6.17. The van der Waals surface area contributed by atoms with E-state index >= 15 is 0 Å². The Balaban J connectivity index is 2.50. The Morgan fingerprint density at radius 3 is 2.63 bits per heavy atom. The average molecular weight is 290 g/mol. The molecule has 0 saturated carbocycles. The minimum atomic E-state index is -0.696. The van der Waals surface area contributed by atoms with Gasteiger partial charge in [-0.25, -0.2) is 4.39 Å². The van der Waals surface area contributed by atoms with Crippen molar-refractivity contribution in [2.45, 2.75) is 32.6 Å². The Hall–Kier alpha value is -1.36. The number of aryl methyl sites for hydroxylation is 1. The Bertz CT molecular complexity index is 440. The number of nitro groups is 1. The zero-order chi connectivity index (χ0) is 14.3. The van der Waals surface area contributed by atoms with E-state index in [9.17, 15) is 14.5 Å². The molecule has 0 aliphatic heterocycles. The molecule has 6 heteroatoms. The highest BCUT2D eigenvalue weighted by Crippen LogP contribution is 2.27. The van der Waals surface area contributed by atoms with Crippen LogP contribution in [0.2, 0.25) is 0 Å². The van der Waals surface area contributed by atoms with Gasteiger partial charge in [-0.1, -0.05) is 12.8 Å². The fourth-order valence-electron chi connectivity index (χ4n) is 1.68. The molecule has 1 aromatic rings. The van der Waals surface area contributed by atoms with E-state index in [0.29, 0.717) is 18.1 Å². The first-order valence-corrected chi connectivity index (χ1v) is 6.73. The number of benzene rings is 1. The lowest BCUT2D eigenvalue weighted by Gasteiger charge is -2.08. The maximum Gasteiger partial charge on any atom is 0.275 e. The maximum absolute atomic E-state index is 13.6. The van der Waals surface area contributed by atoms with Gasteiger partial charge in [0, 0.05) is 11.4 Å². The number of unbranched alkanes of at least 4 members (excludes halogenated alkanes) is 3. The third-order valence-electron chi connectivity index (χ3n) is 2.73. The van der Waals surface area contributed by atoms with Crippen LogP contribution in [0.25, 0.3) is 0 Å². The van der Waals surface area contributed by atoms with E-state index in [1.54, 1.807) is 6.92 Å². The molecule has 4 nitrogen and oxygen atoms in total. The summed E-state index contributed by atoms with van der Waals surface area (Å²) in [5, 5.41) is 10.6. The first kappa shape index (κ1) is 15.7. The minimum absolute atomic E-state index is 0.0699. The largest absolute Gasteiger partial charge is 0.491 e. The van der Waals surface area contributed by atoms with Crippen LogP contribution in [0.1, 0.15) is 31.2 Å². The first-order chi connectivity index (χ1) is 9.06. The van der Waals surface area contributed by atoms with Crippen molar-refractivity contribution in [2.75, 3.05) is 12.5 Å². The lowest BCUT2D eigenvalue weighted by Crippen LogP contribution is -2.01. The van der Waals surface area contributed by atoms with Gasteiger partial charge in [-0.05, 0) is 25.8 Å². The number of nitro benzene ring substituents is 1. The van der Waals surface area contributed by atoms with Crippen LogP contribution in [-0.2, 0) is 0 Å². The van der Waals surface area contributed by atoms with E-state index in [4.69, 9.17) is 16.3 Å². The molecule has 0 bridgehead atoms. The van der Waals surface area contributed by atoms with Crippen molar-refractivity contribution < 1.29 is 14.1 Å². The van der Waals surface area contributed by atoms with Crippen molar-refractivity contribution in [3.63, 3.8) is 0 Å². The highest BCUT2D eigenvalue weighted by atomic mass is 35.5. The van der Waals surface area contributed by atoms with Gasteiger partial charge in [-0.2, -0.15) is 0 Å². The van der Waals surface area contributed by atoms with Crippen LogP contribution in [0.3, 0.4) is 0 Å². The fourth-order valence-corrected chi connectivity index (χ4v) is 1.87. The number of hydrogen-bond donors (Lipinski definition) is 0. The molecule has 0 fully saturated rings. The predicted molar refractivity (Wildman–Crippen MR) is 72.5 cm³/mol. The van der Waals surface area contributed by atoms with Gasteiger partial charge in [0.2, 0.25) is 0 Å². The van der Waals surface area contributed by atoms with Crippen molar-refractivity contribution in [1.29, 1.82) is 0 Å². The van der Waals surface area contributed by atoms with Crippen molar-refractivity contribution in [3.8, 4) is 5.75 Å². The molecule has 106 valence electrons. The topological polar surface area (TPSA) is 52.4 Å². The molecule has 1 aromatic carbocycles. The quantitative estimate of drug-likeness (QED) is 0.311. The first-order valence-electron chi connectivity index (χ1n) is 6.19. The second-order valence-electron chi connectivity index (χ2n) is 4.28. The van der Waals surface area contributed by atoms with Gasteiger partial charge in [-0.3, -0.25) is 10.1 Å². The molecule has 0 unspecified atom stereocenters. The van der Waals surface area contributed by atoms with Gasteiger partial charge < -0.3 is 4.74 Å². The van der Waals surface area contributed by atoms with Gasteiger partial charge in [0.25, 0.3) is 5.69 Å². The predicted octanol–water partition coefficient (Wildman–Crippen LogP) is 4.22. The third kappa shape index (κ3) is 5.03. The molecule has 0 aliphatic carbocycles. The molecule has 0 atom stereocenters. The average Bonchev–Trinajstić information content (AvgIpc) is 2.36. The van der Waals surface area contributed by atoms with E-state index in [2.05, 4.69) is 0 Å². The van der Waals surface area contributed by atoms with Crippen LogP contribution < -0.4 is 4.74 Å². The summed E-state index contributed by atoms with van der Waals surface area (Å²) in [4.78, 5) is 10.0. The van der Waals surface area contributed by atoms with E-state index in [1.165, 1.54) is 6.07 Å². The number of ether oxygens (including phenoxy) is 1. The molecular formula is C13H17ClFNO3. The van der Waals surface area contributed by atoms with E-state index in [0.717, 1.165) is 31.7 Å². The lowest BCUT2D eigenvalue weighted by molar-refractivity contribution is -0.385. The van der Waals surface area contributed by atoms with Crippen LogP contribution in [0, 0.1) is 22.9 Å². The van der Waals surface area contributed by atoms with Crippen molar-refractivity contribution in [1.82, 2.24) is 0 Å². The third-order valence-corrected chi connectivity index (χ3v) is 3.00. The summed E-state index contributed by atoms with van der Waals surface area (Å²) in [7, 11) is 0. The monoisotopic (exact) mass is 289 g/mol. The van der Waals surface area contributed by atoms with E-state index in [-0.39, 0.29) is 11.4 Å². The molecule has 0 heterocycles. The van der Waals surface area contributed by atoms with Crippen LogP contribution in [-0.4, -0.2) is 17.4 Å². The van der Waals surface area contributed by atoms with Gasteiger partial charge in [0.15, 0.2) is 11.6 Å². The summed E-state index contributed by atoms with van der Waals surface area (Å²) in [6.45, 7) is 1.96. The zero-order valence-corrected chi connectivity index (χ0v) is 11.6. The normalized spacial score (nSPS) is 10.5. The SMILES string of the molecule is Cc1cc(OCCCCCCCl)c(F)cc1[N+](=O)[O-]. The number of alkyl halides is 1. The summed E-state index contributed by atoms with van der Waals surface area (Å²) >= 11 is 5.55. The van der Waals surface area contributed by atoms with E-state index < -0.39 is 10.7 Å². The summed E-state index contributed by atoms with van der Waals surface area (Å²) in [6, 6.07) is 2.27. The number of hydrogen-bond acceptors (Lipinski definition) is 3. The molecule has 0 aliphatic rings. The summed E-state index contributed by atoms with van der Waals surface area (Å²) in [5.74, 6) is 0.0234. The van der Waals surface area contributed by atoms with Crippen molar-refractivity contribution in [3.05, 3.63) is 33.6 Å². The van der Waals surface area contributed by atoms with Crippen LogP contribution in [0.15, 0.2) is 12.1 Å². The maximum atomic E-state index is 13.6. The minimum Gasteiger partial charge on any atom is -0.491 e. The van der Waals surface area contributed by atoms with Gasteiger partial charge in [0.05, 0.1) is 17.6 Å². The van der Waals surface area contributed by atoms with Gasteiger partial charge in [-0.15, -0.1) is 11.6 Å². The summed E-state index contributed by atoms with van der Waals surface area (Å²) < 4.78 is 18.9. The van der Waals surface area contributed by atoms with Gasteiger partial charge >= 0.3 is 0 Å². The number of halogens is 2. The molecule has 1 rings (SSSR count). The molecule has 0 radical (unpaired) electrons. The summed E-state index contributed by atoms with van der Waals surface area (Å²) in [6.07, 6.45) is 3.77. The second kappa shape index (κ2) is 7.94. The Morgan fingerprint density at radius 2 is 2.00 bits per heavy atom. The Labute approximate surface area is 116 Å². The van der Waals surface area contributed by atoms with E-state index in [1.807, 2.05) is 0 Å². The zero-order valence-electron chi connectivity index (χ0n) is 10.8. The van der Waals surface area contributed by atoms with Crippen LogP contribution >= 0.6 is 11.6 Å². The number of nitrogens with zero attached hydrogens (tertiary/aromatic N) is 1. The molecule has 0 amide bonds. The standard InChI is InChI=1S/C13H17ClFNO3/c1-10-8-13(11(15)9-12(10)16(17)18)19-7-5-3-2-4-6-14/h8-9H,2-7H2,1H3. The molecule has 0 saturated heterocycles. The fraction of sp³-hybridized carbons (Fsp3) is 0.538. The molecule has 0 aromatic heterocycles. The van der Waals surface area contributed by atoms with Gasteiger partial charge in [0.1, 0.15) is 0 Å². The molecular weight excluding hydrogens is 273 g/mol. The highest BCUT2D eigenvalue weighted by Gasteiger charge is 2.16. The Morgan fingerprint density at radius 1 is 1.32 bits per heavy atom. The lowest BCUT2D eigenvalue weighted by atomic mass is 10.2. The van der Waals surface area contributed by atoms with Crippen LogP contribution in [0.5, 0.6) is 5.75 Å². The Kier molecular flexibility index (Phi) is 6.56. The second-order valence-corrected chi connectivity index (χ2v) is 4.66.